The zero-order valence-electron chi connectivity index (χ0n) is 12.0. The number of rotatable bonds is 6. The summed E-state index contributed by atoms with van der Waals surface area (Å²) in [6, 6.07) is 4.67. The van der Waals surface area contributed by atoms with Gasteiger partial charge in [-0.15, -0.1) is 0 Å². The highest BCUT2D eigenvalue weighted by atomic mass is 32.2. The van der Waals surface area contributed by atoms with Crippen molar-refractivity contribution < 1.29 is 18.3 Å². The average molecular weight is 331 g/mol. The van der Waals surface area contributed by atoms with Gasteiger partial charge in [0, 0.05) is 11.8 Å². The molecule has 0 aliphatic carbocycles. The summed E-state index contributed by atoms with van der Waals surface area (Å²) < 4.78 is 32.7. The van der Waals surface area contributed by atoms with Crippen LogP contribution in [0.4, 0.5) is 0 Å². The molecule has 0 amide bonds. The maximum absolute atomic E-state index is 12.4. The predicted octanol–water partition coefficient (Wildman–Crippen LogP) is 1.75. The molecule has 1 aromatic rings. The molecule has 0 saturated carbocycles. The van der Waals surface area contributed by atoms with Crippen LogP contribution in [-0.2, 0) is 16.6 Å². The minimum atomic E-state index is -3.63. The summed E-state index contributed by atoms with van der Waals surface area (Å²) in [5.41, 5.74) is 0.545. The number of thioether (sulfide) groups is 1. The largest absolute Gasteiger partial charge is 0.495 e. The van der Waals surface area contributed by atoms with E-state index in [0.29, 0.717) is 17.4 Å². The van der Waals surface area contributed by atoms with Crippen molar-refractivity contribution >= 4 is 21.8 Å². The van der Waals surface area contributed by atoms with Crippen molar-refractivity contribution in [1.29, 1.82) is 0 Å². The highest BCUT2D eigenvalue weighted by molar-refractivity contribution is 8.00. The fourth-order valence-corrected chi connectivity index (χ4v) is 4.92. The van der Waals surface area contributed by atoms with Crippen LogP contribution in [0.15, 0.2) is 23.1 Å². The molecule has 1 heterocycles. The van der Waals surface area contributed by atoms with Crippen LogP contribution in [0, 0.1) is 0 Å². The van der Waals surface area contributed by atoms with Crippen molar-refractivity contribution in [2.45, 2.75) is 36.0 Å². The Balaban J connectivity index is 2.14. The summed E-state index contributed by atoms with van der Waals surface area (Å²) in [6.07, 6.45) is 3.41. The summed E-state index contributed by atoms with van der Waals surface area (Å²) in [5, 5.41) is 9.50. The molecule has 1 saturated heterocycles. The van der Waals surface area contributed by atoms with Crippen molar-refractivity contribution in [3.63, 3.8) is 0 Å². The quantitative estimate of drug-likeness (QED) is 0.830. The first-order valence-electron chi connectivity index (χ1n) is 6.96. The van der Waals surface area contributed by atoms with Gasteiger partial charge in [0.05, 0.1) is 13.7 Å². The molecule has 1 fully saturated rings. The second kappa shape index (κ2) is 7.49. The van der Waals surface area contributed by atoms with Crippen molar-refractivity contribution in [3.05, 3.63) is 23.8 Å². The second-order valence-electron chi connectivity index (χ2n) is 4.98. The maximum Gasteiger partial charge on any atom is 0.244 e. The van der Waals surface area contributed by atoms with Crippen LogP contribution >= 0.6 is 11.8 Å². The van der Waals surface area contributed by atoms with Gasteiger partial charge in [0.15, 0.2) is 0 Å². The molecule has 5 nitrogen and oxygen atoms in total. The standard InChI is InChI=1S/C14H21NO4S2/c1-19-13-6-5-11(10-16)8-14(13)21(17,18)15-9-12-4-2-3-7-20-12/h5-6,8,12,15-16H,2-4,7,9-10H2,1H3. The number of hydrogen-bond acceptors (Lipinski definition) is 5. The van der Waals surface area contributed by atoms with Crippen molar-refractivity contribution in [2.24, 2.45) is 0 Å². The lowest BCUT2D eigenvalue weighted by atomic mass is 10.2. The fraction of sp³-hybridized carbons (Fsp3) is 0.571. The number of aliphatic hydroxyl groups is 1. The normalized spacial score (nSPS) is 19.4. The molecule has 0 aromatic heterocycles. The highest BCUT2D eigenvalue weighted by Crippen LogP contribution is 2.27. The third-order valence-electron chi connectivity index (χ3n) is 3.48. The monoisotopic (exact) mass is 331 g/mol. The van der Waals surface area contributed by atoms with Gasteiger partial charge < -0.3 is 9.84 Å². The topological polar surface area (TPSA) is 75.6 Å². The van der Waals surface area contributed by atoms with E-state index in [1.165, 1.54) is 19.6 Å². The minimum absolute atomic E-state index is 0.0809. The molecule has 2 N–H and O–H groups in total. The Bertz CT molecular complexity index is 568. The Morgan fingerprint density at radius 2 is 2.24 bits per heavy atom. The lowest BCUT2D eigenvalue weighted by Crippen LogP contribution is -2.32. The van der Waals surface area contributed by atoms with E-state index in [0.717, 1.165) is 18.6 Å². The third kappa shape index (κ3) is 4.35. The van der Waals surface area contributed by atoms with E-state index in [-0.39, 0.29) is 17.3 Å². The Labute approximate surface area is 130 Å². The number of methoxy groups -OCH3 is 1. The molecule has 1 unspecified atom stereocenters. The zero-order valence-corrected chi connectivity index (χ0v) is 13.7. The highest BCUT2D eigenvalue weighted by Gasteiger charge is 2.22. The first kappa shape index (κ1) is 16.6. The molecule has 1 aliphatic rings. The molecular formula is C14H21NO4S2. The van der Waals surface area contributed by atoms with Gasteiger partial charge in [-0.3, -0.25) is 0 Å². The molecule has 7 heteroatoms. The summed E-state index contributed by atoms with van der Waals surface area (Å²) in [5.74, 6) is 1.38. The van der Waals surface area contributed by atoms with Crippen molar-refractivity contribution in [3.8, 4) is 5.75 Å². The summed E-state index contributed by atoms with van der Waals surface area (Å²) in [4.78, 5) is 0.0809. The van der Waals surface area contributed by atoms with Crippen LogP contribution in [0.3, 0.4) is 0 Å². The number of aliphatic hydroxyl groups excluding tert-OH is 1. The summed E-state index contributed by atoms with van der Waals surface area (Å²) in [6.45, 7) is 0.227. The van der Waals surface area contributed by atoms with Crippen molar-refractivity contribution in [2.75, 3.05) is 19.4 Å². The molecule has 2 rings (SSSR count). The van der Waals surface area contributed by atoms with E-state index in [9.17, 15) is 8.42 Å². The molecule has 1 aromatic carbocycles. The number of sulfonamides is 1. The van der Waals surface area contributed by atoms with Crippen LogP contribution in [-0.4, -0.2) is 38.2 Å². The molecule has 0 radical (unpaired) electrons. The van der Waals surface area contributed by atoms with E-state index in [1.807, 2.05) is 11.8 Å². The predicted molar refractivity (Wildman–Crippen MR) is 84.2 cm³/mol. The van der Waals surface area contributed by atoms with E-state index in [4.69, 9.17) is 9.84 Å². The Morgan fingerprint density at radius 3 is 2.86 bits per heavy atom. The Kier molecular flexibility index (Phi) is 5.92. The fourth-order valence-electron chi connectivity index (χ4n) is 2.28. The summed E-state index contributed by atoms with van der Waals surface area (Å²) in [7, 11) is -2.20. The zero-order chi connectivity index (χ0) is 15.3. The number of nitrogens with one attached hydrogen (secondary N) is 1. The van der Waals surface area contributed by atoms with Crippen molar-refractivity contribution in [1.82, 2.24) is 4.72 Å². The molecule has 118 valence electrons. The SMILES string of the molecule is COc1ccc(CO)cc1S(=O)(=O)NCC1CCCCS1. The van der Waals surface area contributed by atoms with Gasteiger partial charge in [-0.1, -0.05) is 12.5 Å². The van der Waals surface area contributed by atoms with Gasteiger partial charge in [-0.25, -0.2) is 13.1 Å². The average Bonchev–Trinajstić information content (AvgIpc) is 2.53. The maximum atomic E-state index is 12.4. The van der Waals surface area contributed by atoms with Gasteiger partial charge in [0.1, 0.15) is 10.6 Å². The molecule has 21 heavy (non-hydrogen) atoms. The van der Waals surface area contributed by atoms with Gasteiger partial charge in [-0.2, -0.15) is 11.8 Å². The molecular weight excluding hydrogens is 310 g/mol. The van der Waals surface area contributed by atoms with Crippen LogP contribution in [0.1, 0.15) is 24.8 Å². The molecule has 1 aliphatic heterocycles. The lowest BCUT2D eigenvalue weighted by molar-refractivity contribution is 0.281. The second-order valence-corrected chi connectivity index (χ2v) is 8.13. The van der Waals surface area contributed by atoms with Gasteiger partial charge in [0.2, 0.25) is 10.0 Å². The van der Waals surface area contributed by atoms with Crippen LogP contribution in [0.25, 0.3) is 0 Å². The molecule has 0 bridgehead atoms. The number of benzene rings is 1. The van der Waals surface area contributed by atoms with Crippen LogP contribution in [0.5, 0.6) is 5.75 Å². The van der Waals surface area contributed by atoms with Crippen LogP contribution < -0.4 is 9.46 Å². The first-order valence-corrected chi connectivity index (χ1v) is 9.49. The van der Waals surface area contributed by atoms with Gasteiger partial charge in [0.25, 0.3) is 0 Å². The number of hydrogen-bond donors (Lipinski definition) is 2. The van der Waals surface area contributed by atoms with E-state index < -0.39 is 10.0 Å². The smallest absolute Gasteiger partial charge is 0.244 e. The molecule has 0 spiro atoms. The van der Waals surface area contributed by atoms with E-state index in [1.54, 1.807) is 12.1 Å². The Hall–Kier alpha value is -0.760. The lowest BCUT2D eigenvalue weighted by Gasteiger charge is -2.21. The van der Waals surface area contributed by atoms with E-state index >= 15 is 0 Å². The first-order chi connectivity index (χ1) is 10.1. The van der Waals surface area contributed by atoms with Gasteiger partial charge in [-0.05, 0) is 36.3 Å². The van der Waals surface area contributed by atoms with Crippen LogP contribution in [0.2, 0.25) is 0 Å². The minimum Gasteiger partial charge on any atom is -0.495 e. The Morgan fingerprint density at radius 1 is 1.43 bits per heavy atom. The van der Waals surface area contributed by atoms with E-state index in [2.05, 4.69) is 4.72 Å². The molecule has 1 atom stereocenters. The number of ether oxygens (including phenoxy) is 1. The summed E-state index contributed by atoms with van der Waals surface area (Å²) >= 11 is 1.82. The van der Waals surface area contributed by atoms with Gasteiger partial charge >= 0.3 is 0 Å². The third-order valence-corrected chi connectivity index (χ3v) is 6.32.